The molecule has 0 radical (unpaired) electrons. The lowest BCUT2D eigenvalue weighted by Crippen LogP contribution is -2.24. The van der Waals surface area contributed by atoms with Crippen molar-refractivity contribution < 1.29 is 9.15 Å². The van der Waals surface area contributed by atoms with Crippen LogP contribution in [0.25, 0.3) is 28.1 Å². The lowest BCUT2D eigenvalue weighted by Gasteiger charge is -2.08. The van der Waals surface area contributed by atoms with Crippen LogP contribution < -0.4 is 10.5 Å². The number of rotatable bonds is 4. The molecule has 0 aliphatic rings. The summed E-state index contributed by atoms with van der Waals surface area (Å²) in [5.41, 5.74) is 7.91. The van der Waals surface area contributed by atoms with Gasteiger partial charge in [0.2, 0.25) is 5.88 Å². The summed E-state index contributed by atoms with van der Waals surface area (Å²) in [6.45, 7) is 2.27. The van der Waals surface area contributed by atoms with Crippen molar-refractivity contribution in [2.75, 3.05) is 6.61 Å². The number of ether oxygens (including phenoxy) is 1. The molecular weight excluding hydrogens is 328 g/mol. The number of nitrogens with zero attached hydrogens (tertiary/aromatic N) is 3. The molecular formula is C17H15ClN4O2. The first-order valence-corrected chi connectivity index (χ1v) is 7.90. The number of imidazole rings is 1. The molecule has 7 heteroatoms. The molecule has 4 aromatic rings. The van der Waals surface area contributed by atoms with Crippen LogP contribution in [0.5, 0.6) is 5.88 Å². The maximum atomic E-state index is 6.03. The van der Waals surface area contributed by atoms with Gasteiger partial charge in [-0.1, -0.05) is 11.6 Å². The van der Waals surface area contributed by atoms with Crippen molar-refractivity contribution in [3.8, 4) is 17.3 Å². The Balaban J connectivity index is 1.78. The second-order valence-corrected chi connectivity index (χ2v) is 6.10. The Labute approximate surface area is 142 Å². The van der Waals surface area contributed by atoms with Crippen molar-refractivity contribution in [2.24, 2.45) is 5.73 Å². The number of halogens is 1. The Bertz CT molecular complexity index is 1020. The molecule has 0 saturated heterocycles. The standard InChI is InChI=1S/C17H15ClN4O2/c1-10(19)9-23-17-5-4-16-20-8-13(22(16)21-17)15-7-11-6-12(18)2-3-14(11)24-15/h2-8,10H,9,19H2,1H3/t10-/m1/s1. The summed E-state index contributed by atoms with van der Waals surface area (Å²) in [4.78, 5) is 4.35. The average molecular weight is 343 g/mol. The van der Waals surface area contributed by atoms with Gasteiger partial charge in [0.25, 0.3) is 0 Å². The summed E-state index contributed by atoms with van der Waals surface area (Å²) in [6.07, 6.45) is 1.72. The summed E-state index contributed by atoms with van der Waals surface area (Å²) in [5, 5.41) is 6.05. The number of hydrogen-bond acceptors (Lipinski definition) is 5. The number of nitrogens with two attached hydrogens (primary N) is 1. The van der Waals surface area contributed by atoms with Crippen molar-refractivity contribution in [2.45, 2.75) is 13.0 Å². The van der Waals surface area contributed by atoms with E-state index < -0.39 is 0 Å². The van der Waals surface area contributed by atoms with Gasteiger partial charge in [-0.15, -0.1) is 5.10 Å². The summed E-state index contributed by atoms with van der Waals surface area (Å²) >= 11 is 6.03. The lowest BCUT2D eigenvalue weighted by atomic mass is 10.2. The first kappa shape index (κ1) is 15.0. The number of fused-ring (bicyclic) bond motifs is 2. The van der Waals surface area contributed by atoms with Crippen LogP contribution in [0.2, 0.25) is 5.02 Å². The molecule has 0 aliphatic heterocycles. The zero-order chi connectivity index (χ0) is 16.7. The zero-order valence-corrected chi connectivity index (χ0v) is 13.7. The topological polar surface area (TPSA) is 78.6 Å². The summed E-state index contributed by atoms with van der Waals surface area (Å²) < 4.78 is 13.2. The molecule has 0 amide bonds. The average Bonchev–Trinajstić information content (AvgIpc) is 3.15. The van der Waals surface area contributed by atoms with E-state index in [9.17, 15) is 0 Å². The SMILES string of the molecule is C[C@@H](N)COc1ccc2ncc(-c3cc4cc(Cl)ccc4o3)n2n1. The van der Waals surface area contributed by atoms with Crippen LogP contribution in [-0.4, -0.2) is 27.2 Å². The summed E-state index contributed by atoms with van der Waals surface area (Å²) in [5.74, 6) is 1.15. The molecule has 0 unspecified atom stereocenters. The van der Waals surface area contributed by atoms with Gasteiger partial charge in [-0.2, -0.15) is 0 Å². The Kier molecular flexibility index (Phi) is 3.63. The van der Waals surface area contributed by atoms with Crippen LogP contribution in [-0.2, 0) is 0 Å². The molecule has 2 N–H and O–H groups in total. The second kappa shape index (κ2) is 5.81. The third-order valence-corrected chi connectivity index (χ3v) is 3.80. The van der Waals surface area contributed by atoms with E-state index in [1.54, 1.807) is 22.8 Å². The highest BCUT2D eigenvalue weighted by atomic mass is 35.5. The number of aromatic nitrogens is 3. The van der Waals surface area contributed by atoms with E-state index in [1.807, 2.05) is 31.2 Å². The molecule has 0 aliphatic carbocycles. The van der Waals surface area contributed by atoms with Gasteiger partial charge in [-0.25, -0.2) is 9.50 Å². The summed E-state index contributed by atoms with van der Waals surface area (Å²) in [6, 6.07) is 11.0. The van der Waals surface area contributed by atoms with Gasteiger partial charge in [-0.3, -0.25) is 0 Å². The number of benzene rings is 1. The largest absolute Gasteiger partial charge is 0.475 e. The molecule has 0 saturated carbocycles. The third-order valence-electron chi connectivity index (χ3n) is 3.56. The molecule has 6 nitrogen and oxygen atoms in total. The van der Waals surface area contributed by atoms with E-state index in [0.717, 1.165) is 16.7 Å². The van der Waals surface area contributed by atoms with Crippen LogP contribution in [0.3, 0.4) is 0 Å². The maximum Gasteiger partial charge on any atom is 0.231 e. The predicted octanol–water partition coefficient (Wildman–Crippen LogP) is 3.52. The van der Waals surface area contributed by atoms with E-state index in [-0.39, 0.29) is 6.04 Å². The van der Waals surface area contributed by atoms with Gasteiger partial charge in [0, 0.05) is 22.5 Å². The molecule has 0 spiro atoms. The van der Waals surface area contributed by atoms with Gasteiger partial charge < -0.3 is 14.9 Å². The normalized spacial score (nSPS) is 12.8. The quantitative estimate of drug-likeness (QED) is 0.614. The van der Waals surface area contributed by atoms with E-state index in [1.165, 1.54) is 0 Å². The smallest absolute Gasteiger partial charge is 0.231 e. The van der Waals surface area contributed by atoms with Gasteiger partial charge in [0.05, 0.1) is 6.20 Å². The predicted molar refractivity (Wildman–Crippen MR) is 92.3 cm³/mol. The van der Waals surface area contributed by atoms with Crippen molar-refractivity contribution in [1.82, 2.24) is 14.6 Å². The number of hydrogen-bond donors (Lipinski definition) is 1. The summed E-state index contributed by atoms with van der Waals surface area (Å²) in [7, 11) is 0. The van der Waals surface area contributed by atoms with Gasteiger partial charge >= 0.3 is 0 Å². The molecule has 3 aromatic heterocycles. The van der Waals surface area contributed by atoms with Crippen LogP contribution in [0.1, 0.15) is 6.92 Å². The minimum atomic E-state index is -0.0649. The van der Waals surface area contributed by atoms with Crippen LogP contribution >= 0.6 is 11.6 Å². The van der Waals surface area contributed by atoms with Gasteiger partial charge in [0.1, 0.15) is 17.9 Å². The maximum absolute atomic E-state index is 6.03. The van der Waals surface area contributed by atoms with Gasteiger partial charge in [-0.05, 0) is 37.3 Å². The Morgan fingerprint density at radius 3 is 3.00 bits per heavy atom. The molecule has 1 aromatic carbocycles. The fourth-order valence-electron chi connectivity index (χ4n) is 2.46. The molecule has 122 valence electrons. The first-order valence-electron chi connectivity index (χ1n) is 7.53. The Morgan fingerprint density at radius 2 is 2.17 bits per heavy atom. The van der Waals surface area contributed by atoms with E-state index >= 15 is 0 Å². The molecule has 24 heavy (non-hydrogen) atoms. The van der Waals surface area contributed by atoms with Crippen LogP contribution in [0.15, 0.2) is 47.0 Å². The highest BCUT2D eigenvalue weighted by Crippen LogP contribution is 2.30. The van der Waals surface area contributed by atoms with Gasteiger partial charge in [0.15, 0.2) is 11.4 Å². The monoisotopic (exact) mass is 342 g/mol. The van der Waals surface area contributed by atoms with Crippen molar-refractivity contribution in [3.05, 3.63) is 47.6 Å². The molecule has 0 bridgehead atoms. The Hall–Kier alpha value is -2.57. The minimum Gasteiger partial charge on any atom is -0.475 e. The highest BCUT2D eigenvalue weighted by Gasteiger charge is 2.13. The molecule has 3 heterocycles. The van der Waals surface area contributed by atoms with E-state index in [0.29, 0.717) is 28.9 Å². The number of furan rings is 1. The fraction of sp³-hybridized carbons (Fsp3) is 0.176. The Morgan fingerprint density at radius 1 is 1.29 bits per heavy atom. The van der Waals surface area contributed by atoms with E-state index in [4.69, 9.17) is 26.5 Å². The lowest BCUT2D eigenvalue weighted by molar-refractivity contribution is 0.281. The van der Waals surface area contributed by atoms with Crippen molar-refractivity contribution >= 4 is 28.2 Å². The second-order valence-electron chi connectivity index (χ2n) is 5.67. The highest BCUT2D eigenvalue weighted by molar-refractivity contribution is 6.31. The van der Waals surface area contributed by atoms with Crippen molar-refractivity contribution in [3.63, 3.8) is 0 Å². The fourth-order valence-corrected chi connectivity index (χ4v) is 2.64. The third kappa shape index (κ3) is 2.70. The van der Waals surface area contributed by atoms with E-state index in [2.05, 4.69) is 10.1 Å². The van der Waals surface area contributed by atoms with Crippen molar-refractivity contribution in [1.29, 1.82) is 0 Å². The minimum absolute atomic E-state index is 0.0649. The molecule has 0 fully saturated rings. The molecule has 4 rings (SSSR count). The van der Waals surface area contributed by atoms with Crippen LogP contribution in [0.4, 0.5) is 0 Å². The molecule has 1 atom stereocenters. The zero-order valence-electron chi connectivity index (χ0n) is 12.9. The first-order chi connectivity index (χ1) is 11.6. The van der Waals surface area contributed by atoms with Crippen LogP contribution in [0, 0.1) is 0 Å².